The van der Waals surface area contributed by atoms with Gasteiger partial charge in [0.05, 0.1) is 24.1 Å². The third kappa shape index (κ3) is 3.38. The predicted octanol–water partition coefficient (Wildman–Crippen LogP) is 3.04. The van der Waals surface area contributed by atoms with E-state index in [4.69, 9.17) is 14.2 Å². The lowest BCUT2D eigenvalue weighted by molar-refractivity contribution is -0.152. The second-order valence-corrected chi connectivity index (χ2v) is 5.29. The molecule has 18 heavy (non-hydrogen) atoms. The van der Waals surface area contributed by atoms with Gasteiger partial charge < -0.3 is 14.2 Å². The van der Waals surface area contributed by atoms with Crippen LogP contribution in [0.4, 0.5) is 0 Å². The van der Waals surface area contributed by atoms with Gasteiger partial charge in [-0.2, -0.15) is 0 Å². The summed E-state index contributed by atoms with van der Waals surface area (Å²) in [7, 11) is 2.93. The van der Waals surface area contributed by atoms with Crippen LogP contribution >= 0.6 is 15.9 Å². The Bertz CT molecular complexity index is 429. The first kappa shape index (κ1) is 14.8. The summed E-state index contributed by atoms with van der Waals surface area (Å²) in [5.41, 5.74) is -0.713. The quantitative estimate of drug-likeness (QED) is 0.783. The van der Waals surface area contributed by atoms with E-state index in [1.54, 1.807) is 27.0 Å². The maximum Gasteiger partial charge on any atom is 0.314 e. The average molecular weight is 317 g/mol. The largest absolute Gasteiger partial charge is 0.493 e. The predicted molar refractivity (Wildman–Crippen MR) is 72.0 cm³/mol. The van der Waals surface area contributed by atoms with Gasteiger partial charge in [-0.25, -0.2) is 0 Å². The van der Waals surface area contributed by atoms with E-state index < -0.39 is 5.41 Å². The molecule has 0 aliphatic carbocycles. The van der Waals surface area contributed by atoms with E-state index in [0.29, 0.717) is 11.5 Å². The summed E-state index contributed by atoms with van der Waals surface area (Å²) in [6.45, 7) is 3.74. The van der Waals surface area contributed by atoms with Gasteiger partial charge in [-0.1, -0.05) is 6.07 Å². The van der Waals surface area contributed by atoms with E-state index >= 15 is 0 Å². The van der Waals surface area contributed by atoms with Crippen LogP contribution in [0.3, 0.4) is 0 Å². The maximum absolute atomic E-state index is 11.5. The fraction of sp³-hybridized carbons (Fsp3) is 0.462. The minimum atomic E-state index is -0.713. The molecule has 0 amide bonds. The van der Waals surface area contributed by atoms with Gasteiger partial charge in [0.15, 0.2) is 11.5 Å². The van der Waals surface area contributed by atoms with Crippen molar-refractivity contribution in [2.45, 2.75) is 13.8 Å². The minimum absolute atomic E-state index is 0.207. The average Bonchev–Trinajstić information content (AvgIpc) is 2.35. The van der Waals surface area contributed by atoms with Crippen LogP contribution in [0.1, 0.15) is 13.8 Å². The Kier molecular flexibility index (Phi) is 5.02. The number of methoxy groups -OCH3 is 2. The molecule has 0 fully saturated rings. The van der Waals surface area contributed by atoms with Crippen LogP contribution in [-0.2, 0) is 9.53 Å². The number of carbonyl (C=O) groups excluding carboxylic acids is 1. The standard InChI is InChI=1S/C13H17BrO4/c1-13(2,12(15)17-4)8-18-11-9(14)6-5-7-10(11)16-3/h5-7H,8H2,1-4H3. The molecule has 0 saturated carbocycles. The van der Waals surface area contributed by atoms with Crippen molar-refractivity contribution in [1.82, 2.24) is 0 Å². The third-order valence-corrected chi connectivity index (χ3v) is 3.09. The van der Waals surface area contributed by atoms with E-state index in [1.807, 2.05) is 12.1 Å². The van der Waals surface area contributed by atoms with Crippen LogP contribution in [0.15, 0.2) is 22.7 Å². The SMILES string of the molecule is COC(=O)C(C)(C)COc1c(Br)cccc1OC. The van der Waals surface area contributed by atoms with Crippen LogP contribution in [-0.4, -0.2) is 26.8 Å². The summed E-state index contributed by atoms with van der Waals surface area (Å²) < 4.78 is 16.4. The first-order chi connectivity index (χ1) is 8.42. The van der Waals surface area contributed by atoms with E-state index in [0.717, 1.165) is 4.47 Å². The number of esters is 1. The zero-order valence-electron chi connectivity index (χ0n) is 11.0. The zero-order chi connectivity index (χ0) is 13.8. The molecule has 0 aliphatic rings. The minimum Gasteiger partial charge on any atom is -0.493 e. The molecule has 1 aromatic carbocycles. The Balaban J connectivity index is 2.83. The summed E-state index contributed by atoms with van der Waals surface area (Å²) >= 11 is 3.39. The first-order valence-corrected chi connectivity index (χ1v) is 6.25. The van der Waals surface area contributed by atoms with Crippen molar-refractivity contribution in [2.75, 3.05) is 20.8 Å². The molecule has 0 bridgehead atoms. The highest BCUT2D eigenvalue weighted by Crippen LogP contribution is 2.36. The van der Waals surface area contributed by atoms with Gasteiger partial charge in [0.2, 0.25) is 0 Å². The Labute approximate surface area is 115 Å². The van der Waals surface area contributed by atoms with Gasteiger partial charge >= 0.3 is 5.97 Å². The van der Waals surface area contributed by atoms with Crippen molar-refractivity contribution in [3.8, 4) is 11.5 Å². The van der Waals surface area contributed by atoms with Gasteiger partial charge in [0.1, 0.15) is 6.61 Å². The molecule has 1 aromatic rings. The molecular weight excluding hydrogens is 300 g/mol. The van der Waals surface area contributed by atoms with Crippen LogP contribution in [0.2, 0.25) is 0 Å². The van der Waals surface area contributed by atoms with Gasteiger partial charge in [0.25, 0.3) is 0 Å². The molecule has 0 spiro atoms. The number of benzene rings is 1. The van der Waals surface area contributed by atoms with Gasteiger partial charge in [-0.05, 0) is 41.9 Å². The zero-order valence-corrected chi connectivity index (χ0v) is 12.5. The Morgan fingerprint density at radius 2 is 2.00 bits per heavy atom. The number of hydrogen-bond acceptors (Lipinski definition) is 4. The van der Waals surface area contributed by atoms with Crippen molar-refractivity contribution in [1.29, 1.82) is 0 Å². The topological polar surface area (TPSA) is 44.8 Å². The monoisotopic (exact) mass is 316 g/mol. The first-order valence-electron chi connectivity index (χ1n) is 5.46. The van der Waals surface area contributed by atoms with E-state index in [1.165, 1.54) is 7.11 Å². The second kappa shape index (κ2) is 6.09. The summed E-state index contributed by atoms with van der Waals surface area (Å²) in [5.74, 6) is 0.885. The Morgan fingerprint density at radius 1 is 1.33 bits per heavy atom. The Hall–Kier alpha value is -1.23. The fourth-order valence-corrected chi connectivity index (χ4v) is 1.84. The molecule has 1 rings (SSSR count). The van der Waals surface area contributed by atoms with Crippen LogP contribution in [0.25, 0.3) is 0 Å². The number of halogens is 1. The number of para-hydroxylation sites is 1. The molecule has 0 saturated heterocycles. The number of carbonyl (C=O) groups is 1. The van der Waals surface area contributed by atoms with Gasteiger partial charge in [-0.3, -0.25) is 4.79 Å². The lowest BCUT2D eigenvalue weighted by atomic mass is 9.95. The van der Waals surface area contributed by atoms with E-state index in [9.17, 15) is 4.79 Å². The molecule has 5 heteroatoms. The highest BCUT2D eigenvalue weighted by Gasteiger charge is 2.30. The molecule has 0 aliphatic heterocycles. The van der Waals surface area contributed by atoms with Crippen LogP contribution in [0.5, 0.6) is 11.5 Å². The molecule has 0 atom stereocenters. The van der Waals surface area contributed by atoms with Crippen molar-refractivity contribution in [3.63, 3.8) is 0 Å². The van der Waals surface area contributed by atoms with Crippen molar-refractivity contribution >= 4 is 21.9 Å². The van der Waals surface area contributed by atoms with Crippen molar-refractivity contribution < 1.29 is 19.0 Å². The van der Waals surface area contributed by atoms with Gasteiger partial charge in [-0.15, -0.1) is 0 Å². The highest BCUT2D eigenvalue weighted by molar-refractivity contribution is 9.10. The molecule has 0 aromatic heterocycles. The maximum atomic E-state index is 11.5. The number of hydrogen-bond donors (Lipinski definition) is 0. The normalized spacial score (nSPS) is 10.9. The third-order valence-electron chi connectivity index (χ3n) is 2.47. The summed E-state index contributed by atoms with van der Waals surface area (Å²) in [6, 6.07) is 5.50. The number of ether oxygens (including phenoxy) is 3. The lowest BCUT2D eigenvalue weighted by Gasteiger charge is -2.22. The van der Waals surface area contributed by atoms with Crippen LogP contribution < -0.4 is 9.47 Å². The highest BCUT2D eigenvalue weighted by atomic mass is 79.9. The van der Waals surface area contributed by atoms with E-state index in [-0.39, 0.29) is 12.6 Å². The van der Waals surface area contributed by atoms with Crippen molar-refractivity contribution in [3.05, 3.63) is 22.7 Å². The van der Waals surface area contributed by atoms with Crippen LogP contribution in [0, 0.1) is 5.41 Å². The number of rotatable bonds is 5. The molecular formula is C13H17BrO4. The molecule has 0 N–H and O–H groups in total. The second-order valence-electron chi connectivity index (χ2n) is 4.44. The molecule has 100 valence electrons. The molecule has 4 nitrogen and oxygen atoms in total. The lowest BCUT2D eigenvalue weighted by Crippen LogP contribution is -2.32. The fourth-order valence-electron chi connectivity index (χ4n) is 1.38. The molecule has 0 radical (unpaired) electrons. The van der Waals surface area contributed by atoms with Gasteiger partial charge in [0, 0.05) is 0 Å². The summed E-state index contributed by atoms with van der Waals surface area (Å²) in [5, 5.41) is 0. The van der Waals surface area contributed by atoms with Crippen molar-refractivity contribution in [2.24, 2.45) is 5.41 Å². The summed E-state index contributed by atoms with van der Waals surface area (Å²) in [4.78, 5) is 11.5. The smallest absolute Gasteiger partial charge is 0.314 e. The van der Waals surface area contributed by atoms with E-state index in [2.05, 4.69) is 15.9 Å². The Morgan fingerprint density at radius 3 is 2.56 bits per heavy atom. The summed E-state index contributed by atoms with van der Waals surface area (Å²) in [6.07, 6.45) is 0. The molecule has 0 unspecified atom stereocenters. The molecule has 0 heterocycles.